The van der Waals surface area contributed by atoms with Crippen LogP contribution in [0.3, 0.4) is 0 Å². The van der Waals surface area contributed by atoms with E-state index < -0.39 is 6.10 Å². The molecule has 0 aliphatic heterocycles. The molecule has 2 aromatic heterocycles. The fourth-order valence-corrected chi connectivity index (χ4v) is 2.64. The monoisotopic (exact) mass is 301 g/mol. The number of carbonyl (C=O) groups excluding carboxylic acids is 1. The Labute approximate surface area is 126 Å². The summed E-state index contributed by atoms with van der Waals surface area (Å²) in [6.45, 7) is 1.71. The number of methoxy groups -OCH3 is 1. The minimum atomic E-state index is -0.468. The Hall–Kier alpha value is -2.18. The highest BCUT2D eigenvalue weighted by atomic mass is 32.1. The summed E-state index contributed by atoms with van der Waals surface area (Å²) >= 11 is 1.60. The van der Waals surface area contributed by atoms with E-state index in [1.807, 2.05) is 46.4 Å². The number of anilines is 1. The van der Waals surface area contributed by atoms with E-state index in [0.29, 0.717) is 0 Å². The van der Waals surface area contributed by atoms with Gasteiger partial charge in [-0.05, 0) is 19.1 Å². The maximum Gasteiger partial charge on any atom is 0.253 e. The smallest absolute Gasteiger partial charge is 0.253 e. The largest absolute Gasteiger partial charge is 0.372 e. The molecule has 108 valence electrons. The van der Waals surface area contributed by atoms with Crippen LogP contribution >= 0.6 is 11.3 Å². The number of rotatable bonds is 4. The predicted octanol–water partition coefficient (Wildman–Crippen LogP) is 3.04. The number of nitrogens with one attached hydrogen (secondary N) is 1. The fourth-order valence-electron chi connectivity index (χ4n) is 1.94. The Bertz CT molecular complexity index is 732. The Balaban J connectivity index is 1.77. The van der Waals surface area contributed by atoms with E-state index in [1.54, 1.807) is 18.3 Å². The minimum Gasteiger partial charge on any atom is -0.372 e. The van der Waals surface area contributed by atoms with E-state index >= 15 is 0 Å². The average molecular weight is 301 g/mol. The van der Waals surface area contributed by atoms with Gasteiger partial charge in [0.15, 0.2) is 4.96 Å². The number of nitrogens with zero attached hydrogens (tertiary/aromatic N) is 2. The van der Waals surface area contributed by atoms with Gasteiger partial charge in [-0.15, -0.1) is 11.3 Å². The highest BCUT2D eigenvalue weighted by molar-refractivity contribution is 7.15. The summed E-state index contributed by atoms with van der Waals surface area (Å²) in [5, 5.41) is 4.81. The van der Waals surface area contributed by atoms with Crippen molar-refractivity contribution in [2.75, 3.05) is 12.4 Å². The molecule has 6 heteroatoms. The summed E-state index contributed by atoms with van der Waals surface area (Å²) in [5.74, 6) is -0.159. The number of thiazole rings is 1. The van der Waals surface area contributed by atoms with Gasteiger partial charge in [-0.2, -0.15) is 0 Å². The van der Waals surface area contributed by atoms with Crippen LogP contribution in [0.25, 0.3) is 16.2 Å². The molecule has 1 amide bonds. The molecule has 1 unspecified atom stereocenters. The van der Waals surface area contributed by atoms with Gasteiger partial charge in [0.1, 0.15) is 6.10 Å². The van der Waals surface area contributed by atoms with Crippen molar-refractivity contribution in [3.63, 3.8) is 0 Å². The fraction of sp³-hybridized carbons (Fsp3) is 0.200. The Morgan fingerprint density at radius 3 is 2.81 bits per heavy atom. The van der Waals surface area contributed by atoms with Gasteiger partial charge in [0.05, 0.1) is 5.69 Å². The molecule has 1 atom stereocenters. The van der Waals surface area contributed by atoms with Crippen molar-refractivity contribution >= 4 is 27.9 Å². The molecule has 1 N–H and O–H groups in total. The number of benzene rings is 1. The topological polar surface area (TPSA) is 55.6 Å². The van der Waals surface area contributed by atoms with Crippen LogP contribution in [0, 0.1) is 0 Å². The summed E-state index contributed by atoms with van der Waals surface area (Å²) in [7, 11) is 1.51. The Morgan fingerprint density at radius 1 is 1.38 bits per heavy atom. The van der Waals surface area contributed by atoms with E-state index in [-0.39, 0.29) is 5.91 Å². The predicted molar refractivity (Wildman–Crippen MR) is 83.6 cm³/mol. The second-order valence-corrected chi connectivity index (χ2v) is 5.54. The average Bonchev–Trinajstić information content (AvgIpc) is 3.08. The molecule has 3 rings (SSSR count). The molecule has 3 aromatic rings. The Kier molecular flexibility index (Phi) is 3.72. The quantitative estimate of drug-likeness (QED) is 0.806. The molecule has 0 bridgehead atoms. The van der Waals surface area contributed by atoms with Crippen molar-refractivity contribution < 1.29 is 9.53 Å². The van der Waals surface area contributed by atoms with E-state index in [2.05, 4.69) is 10.3 Å². The maximum absolute atomic E-state index is 11.7. The number of carbonyl (C=O) groups is 1. The summed E-state index contributed by atoms with van der Waals surface area (Å²) in [6, 6.07) is 7.62. The molecule has 2 heterocycles. The number of hydrogen-bond acceptors (Lipinski definition) is 4. The first kappa shape index (κ1) is 13.8. The van der Waals surface area contributed by atoms with Gasteiger partial charge >= 0.3 is 0 Å². The zero-order valence-corrected chi connectivity index (χ0v) is 12.6. The molecule has 21 heavy (non-hydrogen) atoms. The van der Waals surface area contributed by atoms with Crippen LogP contribution in [0.4, 0.5) is 5.69 Å². The van der Waals surface area contributed by atoms with Crippen molar-refractivity contribution in [1.29, 1.82) is 0 Å². The molecule has 0 radical (unpaired) electrons. The van der Waals surface area contributed by atoms with Crippen LogP contribution in [0.1, 0.15) is 6.92 Å². The lowest BCUT2D eigenvalue weighted by Gasteiger charge is -2.10. The van der Waals surface area contributed by atoms with Crippen molar-refractivity contribution in [2.45, 2.75) is 13.0 Å². The summed E-state index contributed by atoms with van der Waals surface area (Å²) in [4.78, 5) is 17.2. The second-order valence-electron chi connectivity index (χ2n) is 4.66. The van der Waals surface area contributed by atoms with E-state index in [1.165, 1.54) is 7.11 Å². The molecule has 0 fully saturated rings. The molecule has 0 saturated carbocycles. The van der Waals surface area contributed by atoms with Gasteiger partial charge in [-0.1, -0.05) is 12.1 Å². The van der Waals surface area contributed by atoms with Crippen LogP contribution in [0.2, 0.25) is 0 Å². The summed E-state index contributed by atoms with van der Waals surface area (Å²) in [6.07, 6.45) is 3.51. The highest BCUT2D eigenvalue weighted by Gasteiger charge is 2.11. The zero-order chi connectivity index (χ0) is 14.8. The van der Waals surface area contributed by atoms with E-state index in [0.717, 1.165) is 21.9 Å². The molecular formula is C15H15N3O2S. The molecule has 0 aliphatic carbocycles. The third kappa shape index (κ3) is 2.81. The summed E-state index contributed by atoms with van der Waals surface area (Å²) in [5.41, 5.74) is 2.68. The first-order chi connectivity index (χ1) is 10.2. The highest BCUT2D eigenvalue weighted by Crippen LogP contribution is 2.23. The zero-order valence-electron chi connectivity index (χ0n) is 11.7. The van der Waals surface area contributed by atoms with Gasteiger partial charge in [0.2, 0.25) is 0 Å². The first-order valence-corrected chi connectivity index (χ1v) is 7.41. The number of hydrogen-bond donors (Lipinski definition) is 1. The van der Waals surface area contributed by atoms with Gasteiger partial charge in [-0.25, -0.2) is 4.98 Å². The van der Waals surface area contributed by atoms with Gasteiger partial charge in [0, 0.05) is 36.1 Å². The number of amides is 1. The minimum absolute atomic E-state index is 0.159. The van der Waals surface area contributed by atoms with Crippen LogP contribution in [-0.2, 0) is 9.53 Å². The molecule has 0 aliphatic rings. The van der Waals surface area contributed by atoms with Crippen LogP contribution in [0.5, 0.6) is 0 Å². The van der Waals surface area contributed by atoms with Gasteiger partial charge in [-0.3, -0.25) is 9.20 Å². The number of ether oxygens (including phenoxy) is 1. The lowest BCUT2D eigenvalue weighted by atomic mass is 10.1. The lowest BCUT2D eigenvalue weighted by Crippen LogP contribution is -2.26. The van der Waals surface area contributed by atoms with Gasteiger partial charge in [0.25, 0.3) is 5.91 Å². The van der Waals surface area contributed by atoms with Gasteiger partial charge < -0.3 is 10.1 Å². The summed E-state index contributed by atoms with van der Waals surface area (Å²) < 4.78 is 6.97. The third-order valence-corrected chi connectivity index (χ3v) is 4.03. The SMILES string of the molecule is COC(C)C(=O)Nc1ccc(-c2cn3ccsc3n2)cc1. The number of imidazole rings is 1. The lowest BCUT2D eigenvalue weighted by molar-refractivity contribution is -0.124. The molecule has 1 aromatic carbocycles. The molecule has 5 nitrogen and oxygen atoms in total. The second kappa shape index (κ2) is 5.67. The molecule has 0 spiro atoms. The third-order valence-electron chi connectivity index (χ3n) is 3.26. The van der Waals surface area contributed by atoms with Crippen LogP contribution in [0.15, 0.2) is 42.0 Å². The van der Waals surface area contributed by atoms with Crippen molar-refractivity contribution in [3.05, 3.63) is 42.0 Å². The van der Waals surface area contributed by atoms with Crippen LogP contribution < -0.4 is 5.32 Å². The van der Waals surface area contributed by atoms with Crippen molar-refractivity contribution in [1.82, 2.24) is 9.38 Å². The first-order valence-electron chi connectivity index (χ1n) is 6.53. The molecular weight excluding hydrogens is 286 g/mol. The standard InChI is InChI=1S/C15H15N3O2S/c1-10(20-2)14(19)16-12-5-3-11(4-6-12)13-9-18-7-8-21-15(18)17-13/h3-10H,1-2H3,(H,16,19). The van der Waals surface area contributed by atoms with Crippen molar-refractivity contribution in [2.24, 2.45) is 0 Å². The molecule has 0 saturated heterocycles. The van der Waals surface area contributed by atoms with E-state index in [4.69, 9.17) is 4.74 Å². The Morgan fingerprint density at radius 2 is 2.14 bits per heavy atom. The normalized spacial score (nSPS) is 12.5. The number of fused-ring (bicyclic) bond motifs is 1. The van der Waals surface area contributed by atoms with E-state index in [9.17, 15) is 4.79 Å². The maximum atomic E-state index is 11.7. The van der Waals surface area contributed by atoms with Crippen molar-refractivity contribution in [3.8, 4) is 11.3 Å². The number of aromatic nitrogens is 2. The van der Waals surface area contributed by atoms with Crippen LogP contribution in [-0.4, -0.2) is 28.5 Å².